The molecular formula is C11H16N4O. The molecule has 2 rings (SSSR count). The number of hydrogen-bond donors (Lipinski definition) is 2. The van der Waals surface area contributed by atoms with Crippen molar-refractivity contribution in [3.05, 3.63) is 23.9 Å². The first-order chi connectivity index (χ1) is 7.68. The first-order valence-corrected chi connectivity index (χ1v) is 5.41. The van der Waals surface area contributed by atoms with E-state index in [9.17, 15) is 4.79 Å². The van der Waals surface area contributed by atoms with Gasteiger partial charge in [-0.1, -0.05) is 0 Å². The van der Waals surface area contributed by atoms with E-state index in [1.165, 1.54) is 0 Å². The van der Waals surface area contributed by atoms with E-state index in [-0.39, 0.29) is 5.91 Å². The summed E-state index contributed by atoms with van der Waals surface area (Å²) in [5.41, 5.74) is 6.19. The van der Waals surface area contributed by atoms with Crippen LogP contribution in [0.1, 0.15) is 17.3 Å². The molecule has 0 radical (unpaired) electrons. The number of hydrogen-bond acceptors (Lipinski definition) is 4. The average molecular weight is 220 g/mol. The summed E-state index contributed by atoms with van der Waals surface area (Å²) in [6.45, 7) is 4.32. The summed E-state index contributed by atoms with van der Waals surface area (Å²) in [5, 5.41) is 3.29. The fourth-order valence-corrected chi connectivity index (χ4v) is 1.89. The van der Waals surface area contributed by atoms with Crippen molar-refractivity contribution in [2.24, 2.45) is 0 Å². The van der Waals surface area contributed by atoms with Gasteiger partial charge in [0.15, 0.2) is 0 Å². The van der Waals surface area contributed by atoms with E-state index in [4.69, 9.17) is 5.73 Å². The number of rotatable bonds is 1. The molecule has 0 bridgehead atoms. The van der Waals surface area contributed by atoms with Crippen LogP contribution >= 0.6 is 0 Å². The Morgan fingerprint density at radius 2 is 2.50 bits per heavy atom. The van der Waals surface area contributed by atoms with E-state index in [2.05, 4.69) is 17.2 Å². The molecule has 0 spiro atoms. The van der Waals surface area contributed by atoms with Gasteiger partial charge in [-0.15, -0.1) is 0 Å². The molecule has 5 nitrogen and oxygen atoms in total. The molecule has 3 N–H and O–H groups in total. The first-order valence-electron chi connectivity index (χ1n) is 5.41. The Bertz CT molecular complexity index is 393. The zero-order chi connectivity index (χ0) is 11.5. The smallest absolute Gasteiger partial charge is 0.257 e. The molecule has 1 saturated heterocycles. The van der Waals surface area contributed by atoms with Gasteiger partial charge in [0, 0.05) is 31.9 Å². The van der Waals surface area contributed by atoms with Crippen LogP contribution in [-0.2, 0) is 0 Å². The van der Waals surface area contributed by atoms with Gasteiger partial charge in [0.05, 0.1) is 5.56 Å². The van der Waals surface area contributed by atoms with E-state index in [1.54, 1.807) is 18.3 Å². The third kappa shape index (κ3) is 2.14. The third-order valence-electron chi connectivity index (χ3n) is 2.72. The van der Waals surface area contributed by atoms with Gasteiger partial charge in [-0.25, -0.2) is 4.98 Å². The maximum Gasteiger partial charge on any atom is 0.257 e. The van der Waals surface area contributed by atoms with Gasteiger partial charge in [0.1, 0.15) is 5.82 Å². The minimum absolute atomic E-state index is 0.0287. The van der Waals surface area contributed by atoms with E-state index >= 15 is 0 Å². The van der Waals surface area contributed by atoms with Gasteiger partial charge < -0.3 is 16.0 Å². The van der Waals surface area contributed by atoms with Crippen molar-refractivity contribution in [3.8, 4) is 0 Å². The van der Waals surface area contributed by atoms with Crippen molar-refractivity contribution in [3.63, 3.8) is 0 Å². The minimum Gasteiger partial charge on any atom is -0.383 e. The number of pyridine rings is 1. The maximum absolute atomic E-state index is 12.1. The van der Waals surface area contributed by atoms with Crippen LogP contribution in [0.5, 0.6) is 0 Å². The molecule has 1 aliphatic rings. The Labute approximate surface area is 94.6 Å². The van der Waals surface area contributed by atoms with Gasteiger partial charge in [-0.2, -0.15) is 0 Å². The number of nitrogen functional groups attached to an aromatic ring is 1. The second-order valence-corrected chi connectivity index (χ2v) is 4.04. The first kappa shape index (κ1) is 10.9. The van der Waals surface area contributed by atoms with E-state index in [1.807, 2.05) is 4.90 Å². The molecule has 0 saturated carbocycles. The van der Waals surface area contributed by atoms with Crippen molar-refractivity contribution in [2.45, 2.75) is 13.0 Å². The highest BCUT2D eigenvalue weighted by Gasteiger charge is 2.22. The monoisotopic (exact) mass is 220 g/mol. The van der Waals surface area contributed by atoms with Gasteiger partial charge in [-0.05, 0) is 19.1 Å². The van der Waals surface area contributed by atoms with E-state index < -0.39 is 0 Å². The lowest BCUT2D eigenvalue weighted by Gasteiger charge is -2.32. The lowest BCUT2D eigenvalue weighted by atomic mass is 10.2. The van der Waals surface area contributed by atoms with Crippen LogP contribution in [-0.4, -0.2) is 41.5 Å². The summed E-state index contributed by atoms with van der Waals surface area (Å²) in [4.78, 5) is 17.9. The van der Waals surface area contributed by atoms with Crippen LogP contribution in [0.3, 0.4) is 0 Å². The molecule has 2 heterocycles. The molecule has 16 heavy (non-hydrogen) atoms. The molecule has 1 amide bonds. The normalized spacial score (nSPS) is 20.8. The van der Waals surface area contributed by atoms with Crippen LogP contribution in [0.25, 0.3) is 0 Å². The number of anilines is 1. The minimum atomic E-state index is -0.0287. The summed E-state index contributed by atoms with van der Waals surface area (Å²) in [7, 11) is 0. The maximum atomic E-state index is 12.1. The molecule has 1 aromatic rings. The Hall–Kier alpha value is -1.62. The average Bonchev–Trinajstić information content (AvgIpc) is 2.29. The zero-order valence-corrected chi connectivity index (χ0v) is 9.31. The molecule has 5 heteroatoms. The number of aromatic nitrogens is 1. The molecule has 0 aliphatic carbocycles. The quantitative estimate of drug-likeness (QED) is 0.704. The second kappa shape index (κ2) is 4.49. The lowest BCUT2D eigenvalue weighted by molar-refractivity contribution is 0.0710. The largest absolute Gasteiger partial charge is 0.383 e. The zero-order valence-electron chi connectivity index (χ0n) is 9.31. The number of carbonyl (C=O) groups excluding carboxylic acids is 1. The molecule has 0 unspecified atom stereocenters. The Kier molecular flexibility index (Phi) is 3.05. The number of carbonyl (C=O) groups is 1. The Morgan fingerprint density at radius 1 is 1.69 bits per heavy atom. The van der Waals surface area contributed by atoms with E-state index in [0.29, 0.717) is 24.0 Å². The van der Waals surface area contributed by atoms with E-state index in [0.717, 1.165) is 13.1 Å². The number of amides is 1. The van der Waals surface area contributed by atoms with Gasteiger partial charge in [0.2, 0.25) is 0 Å². The molecular weight excluding hydrogens is 204 g/mol. The standard InChI is InChI=1S/C11H16N4O/c1-8-7-15(6-5-13-8)11(16)9-3-2-4-14-10(9)12/h2-4,8,13H,5-7H2,1H3,(H2,12,14)/t8-/m0/s1. The summed E-state index contributed by atoms with van der Waals surface area (Å²) in [6.07, 6.45) is 1.59. The highest BCUT2D eigenvalue weighted by atomic mass is 16.2. The van der Waals surface area contributed by atoms with Crippen molar-refractivity contribution >= 4 is 11.7 Å². The predicted octanol–water partition coefficient (Wildman–Crippen LogP) is 0.0977. The van der Waals surface area contributed by atoms with Crippen molar-refractivity contribution in [1.82, 2.24) is 15.2 Å². The number of nitrogens with two attached hydrogens (primary N) is 1. The van der Waals surface area contributed by atoms with Gasteiger partial charge >= 0.3 is 0 Å². The lowest BCUT2D eigenvalue weighted by Crippen LogP contribution is -2.51. The van der Waals surface area contributed by atoms with Crippen LogP contribution in [0.15, 0.2) is 18.3 Å². The summed E-state index contributed by atoms with van der Waals surface area (Å²) < 4.78 is 0. The van der Waals surface area contributed by atoms with Crippen LogP contribution < -0.4 is 11.1 Å². The van der Waals surface area contributed by atoms with Crippen molar-refractivity contribution in [1.29, 1.82) is 0 Å². The molecule has 86 valence electrons. The van der Waals surface area contributed by atoms with Gasteiger partial charge in [0.25, 0.3) is 5.91 Å². The highest BCUT2D eigenvalue weighted by Crippen LogP contribution is 2.12. The number of nitrogens with one attached hydrogen (secondary N) is 1. The molecule has 1 atom stereocenters. The highest BCUT2D eigenvalue weighted by molar-refractivity contribution is 5.98. The predicted molar refractivity (Wildman–Crippen MR) is 62.0 cm³/mol. The number of piperazine rings is 1. The molecule has 0 aromatic carbocycles. The summed E-state index contributed by atoms with van der Waals surface area (Å²) >= 11 is 0. The van der Waals surface area contributed by atoms with Crippen LogP contribution in [0.4, 0.5) is 5.82 Å². The summed E-state index contributed by atoms with van der Waals surface area (Å²) in [5.74, 6) is 0.276. The van der Waals surface area contributed by atoms with Crippen LogP contribution in [0, 0.1) is 0 Å². The third-order valence-corrected chi connectivity index (χ3v) is 2.72. The van der Waals surface area contributed by atoms with Crippen LogP contribution in [0.2, 0.25) is 0 Å². The SMILES string of the molecule is C[C@H]1CN(C(=O)c2cccnc2N)CCN1. The van der Waals surface area contributed by atoms with Crippen molar-refractivity contribution < 1.29 is 4.79 Å². The fourth-order valence-electron chi connectivity index (χ4n) is 1.89. The Balaban J connectivity index is 2.16. The number of nitrogens with zero attached hydrogens (tertiary/aromatic N) is 2. The summed E-state index contributed by atoms with van der Waals surface area (Å²) in [6, 6.07) is 3.78. The fraction of sp³-hybridized carbons (Fsp3) is 0.455. The van der Waals surface area contributed by atoms with Gasteiger partial charge in [-0.3, -0.25) is 4.79 Å². The van der Waals surface area contributed by atoms with Crippen molar-refractivity contribution in [2.75, 3.05) is 25.4 Å². The second-order valence-electron chi connectivity index (χ2n) is 4.04. The molecule has 1 aliphatic heterocycles. The Morgan fingerprint density at radius 3 is 3.19 bits per heavy atom. The molecule has 1 fully saturated rings. The topological polar surface area (TPSA) is 71.2 Å². The molecule has 1 aromatic heterocycles.